The molecule has 2 atom stereocenters. The molecule has 112 valence electrons. The number of hydrogen-bond donors (Lipinski definition) is 1. The van der Waals surface area contributed by atoms with Crippen LogP contribution in [0, 0.1) is 11.7 Å². The van der Waals surface area contributed by atoms with Crippen LogP contribution >= 0.6 is 0 Å². The smallest absolute Gasteiger partial charge is 0.235 e. The van der Waals surface area contributed by atoms with Crippen LogP contribution in [0.15, 0.2) is 35.1 Å². The topological polar surface area (TPSA) is 47.3 Å². The lowest BCUT2D eigenvalue weighted by Gasteiger charge is -2.23. The van der Waals surface area contributed by atoms with E-state index in [0.717, 1.165) is 25.1 Å². The molecule has 1 saturated heterocycles. The Bertz CT molecular complexity index is 580. The number of aromatic nitrogens is 1. The van der Waals surface area contributed by atoms with E-state index in [4.69, 9.17) is 9.15 Å². The van der Waals surface area contributed by atoms with Crippen molar-refractivity contribution in [2.75, 3.05) is 13.1 Å². The summed E-state index contributed by atoms with van der Waals surface area (Å²) in [6.07, 6.45) is 4.66. The molecule has 1 aromatic carbocycles. The molecule has 3 rings (SSSR count). The van der Waals surface area contributed by atoms with Gasteiger partial charge in [-0.1, -0.05) is 6.92 Å². The lowest BCUT2D eigenvalue weighted by molar-refractivity contribution is 0.113. The second kappa shape index (κ2) is 6.26. The summed E-state index contributed by atoms with van der Waals surface area (Å²) in [6.45, 7) is 3.82. The van der Waals surface area contributed by atoms with Gasteiger partial charge >= 0.3 is 0 Å². The molecule has 0 saturated carbocycles. The highest BCUT2D eigenvalue weighted by molar-refractivity contribution is 5.34. The molecular formula is C16H19FN2O2. The second-order valence-electron chi connectivity index (χ2n) is 5.27. The predicted molar refractivity (Wildman–Crippen MR) is 76.6 cm³/mol. The molecule has 0 aliphatic carbocycles. The first-order valence-corrected chi connectivity index (χ1v) is 7.33. The van der Waals surface area contributed by atoms with E-state index in [2.05, 4.69) is 10.3 Å². The van der Waals surface area contributed by atoms with Crippen molar-refractivity contribution in [3.63, 3.8) is 0 Å². The van der Waals surface area contributed by atoms with Crippen LogP contribution in [0.3, 0.4) is 0 Å². The van der Waals surface area contributed by atoms with Crippen molar-refractivity contribution in [2.24, 2.45) is 5.92 Å². The van der Waals surface area contributed by atoms with Crippen molar-refractivity contribution in [3.05, 3.63) is 47.9 Å². The number of ether oxygens (including phenoxy) is 1. The van der Waals surface area contributed by atoms with Gasteiger partial charge in [0.2, 0.25) is 5.89 Å². The zero-order valence-corrected chi connectivity index (χ0v) is 12.0. The van der Waals surface area contributed by atoms with Crippen molar-refractivity contribution in [2.45, 2.75) is 25.9 Å². The summed E-state index contributed by atoms with van der Waals surface area (Å²) in [5.41, 5.74) is 0.859. The number of rotatable bonds is 5. The predicted octanol–water partition coefficient (Wildman–Crippen LogP) is 3.11. The number of hydrogen-bond acceptors (Lipinski definition) is 4. The fourth-order valence-corrected chi connectivity index (χ4v) is 2.73. The molecule has 4 nitrogen and oxygen atoms in total. The maximum Gasteiger partial charge on any atom is 0.235 e. The second-order valence-corrected chi connectivity index (χ2v) is 5.27. The standard InChI is InChI=1S/C16H19FN2O2/c1-2-11-9-13(17)3-4-14(11)21-15(12-5-6-18-10-12)16-19-7-8-20-16/h3-4,7-9,12,15,18H,2,5-6,10H2,1H3/t12-,15?/m0/s1. The van der Waals surface area contributed by atoms with Gasteiger partial charge in [0.1, 0.15) is 17.8 Å². The van der Waals surface area contributed by atoms with E-state index in [9.17, 15) is 4.39 Å². The van der Waals surface area contributed by atoms with Gasteiger partial charge in [-0.2, -0.15) is 0 Å². The lowest BCUT2D eigenvalue weighted by atomic mass is 10.0. The van der Waals surface area contributed by atoms with E-state index in [1.807, 2.05) is 6.92 Å². The maximum atomic E-state index is 13.3. The third kappa shape index (κ3) is 3.08. The molecule has 0 bridgehead atoms. The van der Waals surface area contributed by atoms with E-state index >= 15 is 0 Å². The Balaban J connectivity index is 1.87. The van der Waals surface area contributed by atoms with Crippen LogP contribution < -0.4 is 10.1 Å². The lowest BCUT2D eigenvalue weighted by Crippen LogP contribution is -2.22. The van der Waals surface area contributed by atoms with Crippen LogP contribution in [-0.2, 0) is 6.42 Å². The van der Waals surface area contributed by atoms with Gasteiger partial charge in [0.05, 0.1) is 6.20 Å². The summed E-state index contributed by atoms with van der Waals surface area (Å²) >= 11 is 0. The molecule has 1 unspecified atom stereocenters. The average Bonchev–Trinajstić information content (AvgIpc) is 3.19. The van der Waals surface area contributed by atoms with Gasteiger partial charge in [-0.3, -0.25) is 0 Å². The maximum absolute atomic E-state index is 13.3. The summed E-state index contributed by atoms with van der Waals surface area (Å²) in [5.74, 6) is 1.34. The van der Waals surface area contributed by atoms with Crippen LogP contribution in [0.25, 0.3) is 0 Å². The van der Waals surface area contributed by atoms with E-state index < -0.39 is 0 Å². The largest absolute Gasteiger partial charge is 0.480 e. The van der Waals surface area contributed by atoms with Crippen LogP contribution in [0.4, 0.5) is 4.39 Å². The molecule has 5 heteroatoms. The monoisotopic (exact) mass is 290 g/mol. The Hall–Kier alpha value is -1.88. The van der Waals surface area contributed by atoms with Gasteiger partial charge in [0, 0.05) is 12.5 Å². The molecule has 2 heterocycles. The zero-order chi connectivity index (χ0) is 14.7. The van der Waals surface area contributed by atoms with Gasteiger partial charge in [-0.25, -0.2) is 9.37 Å². The number of nitrogens with one attached hydrogen (secondary N) is 1. The minimum absolute atomic E-state index is 0.241. The van der Waals surface area contributed by atoms with Gasteiger partial charge in [-0.15, -0.1) is 0 Å². The Kier molecular flexibility index (Phi) is 4.20. The van der Waals surface area contributed by atoms with E-state index in [0.29, 0.717) is 24.0 Å². The number of halogens is 1. The number of aryl methyl sites for hydroxylation is 1. The van der Waals surface area contributed by atoms with Gasteiger partial charge < -0.3 is 14.5 Å². The van der Waals surface area contributed by atoms with Crippen molar-refractivity contribution in [1.82, 2.24) is 10.3 Å². The third-order valence-corrected chi connectivity index (χ3v) is 3.88. The van der Waals surface area contributed by atoms with Crippen LogP contribution in [0.5, 0.6) is 5.75 Å². The van der Waals surface area contributed by atoms with Crippen molar-refractivity contribution < 1.29 is 13.5 Å². The van der Waals surface area contributed by atoms with Crippen LogP contribution in [0.1, 0.15) is 30.9 Å². The normalized spacial score (nSPS) is 19.6. The van der Waals surface area contributed by atoms with E-state index in [1.54, 1.807) is 18.5 Å². The first kappa shape index (κ1) is 14.1. The molecule has 0 amide bonds. The number of oxazole rings is 1. The Morgan fingerprint density at radius 1 is 1.52 bits per heavy atom. The highest BCUT2D eigenvalue weighted by Crippen LogP contribution is 2.33. The first-order chi connectivity index (χ1) is 10.3. The molecule has 1 fully saturated rings. The minimum atomic E-state index is -0.245. The number of nitrogens with zero attached hydrogens (tertiary/aromatic N) is 1. The van der Waals surface area contributed by atoms with Crippen LogP contribution in [-0.4, -0.2) is 18.1 Å². The summed E-state index contributed by atoms with van der Waals surface area (Å²) < 4.78 is 24.9. The highest BCUT2D eigenvalue weighted by Gasteiger charge is 2.31. The quantitative estimate of drug-likeness (QED) is 0.919. The third-order valence-electron chi connectivity index (χ3n) is 3.88. The molecule has 1 aliphatic rings. The van der Waals surface area contributed by atoms with Crippen LogP contribution in [0.2, 0.25) is 0 Å². The first-order valence-electron chi connectivity index (χ1n) is 7.33. The van der Waals surface area contributed by atoms with Crippen molar-refractivity contribution in [1.29, 1.82) is 0 Å². The van der Waals surface area contributed by atoms with Gasteiger partial charge in [-0.05, 0) is 43.1 Å². The molecule has 0 spiro atoms. The number of benzene rings is 1. The summed E-state index contributed by atoms with van der Waals surface area (Å²) in [5, 5.41) is 3.33. The summed E-state index contributed by atoms with van der Waals surface area (Å²) in [4.78, 5) is 4.24. The molecule has 2 aromatic rings. The van der Waals surface area contributed by atoms with Crippen molar-refractivity contribution in [3.8, 4) is 5.75 Å². The molecule has 0 radical (unpaired) electrons. The zero-order valence-electron chi connectivity index (χ0n) is 12.0. The molecule has 1 N–H and O–H groups in total. The molecule has 1 aliphatic heterocycles. The Labute approximate surface area is 123 Å². The van der Waals surface area contributed by atoms with E-state index in [-0.39, 0.29) is 11.9 Å². The fraction of sp³-hybridized carbons (Fsp3) is 0.438. The Morgan fingerprint density at radius 3 is 3.10 bits per heavy atom. The van der Waals surface area contributed by atoms with Crippen molar-refractivity contribution >= 4 is 0 Å². The van der Waals surface area contributed by atoms with E-state index in [1.165, 1.54) is 12.1 Å². The highest BCUT2D eigenvalue weighted by atomic mass is 19.1. The SMILES string of the molecule is CCc1cc(F)ccc1OC(c1ncco1)[C@H]1CCNC1. The summed E-state index contributed by atoms with van der Waals surface area (Å²) in [7, 11) is 0. The Morgan fingerprint density at radius 2 is 2.43 bits per heavy atom. The average molecular weight is 290 g/mol. The molecule has 1 aromatic heterocycles. The minimum Gasteiger partial charge on any atom is -0.480 e. The van der Waals surface area contributed by atoms with Gasteiger partial charge in [0.15, 0.2) is 6.10 Å². The van der Waals surface area contributed by atoms with Gasteiger partial charge in [0.25, 0.3) is 0 Å². The molecule has 21 heavy (non-hydrogen) atoms. The summed E-state index contributed by atoms with van der Waals surface area (Å²) in [6, 6.07) is 4.63. The molecular weight excluding hydrogens is 271 g/mol. The fourth-order valence-electron chi connectivity index (χ4n) is 2.73.